The Balaban J connectivity index is 3.15. The molecule has 0 saturated carbocycles. The first-order valence-electron chi connectivity index (χ1n) is 4.19. The van der Waals surface area contributed by atoms with Crippen molar-refractivity contribution in [2.75, 3.05) is 6.54 Å². The van der Waals surface area contributed by atoms with E-state index in [-0.39, 0.29) is 5.92 Å². The molecule has 1 unspecified atom stereocenters. The van der Waals surface area contributed by atoms with E-state index in [0.29, 0.717) is 0 Å². The maximum Gasteiger partial charge on any atom is 0.0652 e. The lowest BCUT2D eigenvalue weighted by molar-refractivity contribution is 0.624. The van der Waals surface area contributed by atoms with Crippen LogP contribution in [0.1, 0.15) is 33.1 Å². The van der Waals surface area contributed by atoms with Crippen LogP contribution in [0.5, 0.6) is 0 Å². The average Bonchev–Trinajstić information content (AvgIpc) is 2.04. The molecule has 0 saturated heterocycles. The molecular formula is C9H16N2. The van der Waals surface area contributed by atoms with Gasteiger partial charge in [0, 0.05) is 12.5 Å². The highest BCUT2D eigenvalue weighted by molar-refractivity contribution is 5.56. The minimum Gasteiger partial charge on any atom is -0.298 e. The van der Waals surface area contributed by atoms with Crippen LogP contribution in [0.4, 0.5) is 0 Å². The average molecular weight is 152 g/mol. The predicted octanol–water partition coefficient (Wildman–Crippen LogP) is 2.41. The Hall–Kier alpha value is -0.840. The van der Waals surface area contributed by atoms with E-state index in [0.717, 1.165) is 25.8 Å². The highest BCUT2D eigenvalue weighted by Crippen LogP contribution is 2.02. The summed E-state index contributed by atoms with van der Waals surface area (Å²) < 4.78 is 0. The third-order valence-electron chi connectivity index (χ3n) is 1.46. The molecule has 1 atom stereocenters. The van der Waals surface area contributed by atoms with Gasteiger partial charge in [-0.05, 0) is 32.4 Å². The molecule has 0 rings (SSSR count). The zero-order chi connectivity index (χ0) is 8.53. The fraction of sp³-hybridized carbons (Fsp3) is 0.778. The van der Waals surface area contributed by atoms with Gasteiger partial charge in [0.25, 0.3) is 0 Å². The maximum absolute atomic E-state index is 8.45. The van der Waals surface area contributed by atoms with Gasteiger partial charge in [-0.2, -0.15) is 5.26 Å². The quantitative estimate of drug-likeness (QED) is 0.440. The fourth-order valence-electron chi connectivity index (χ4n) is 0.774. The summed E-state index contributed by atoms with van der Waals surface area (Å²) in [5.74, 6) is 0.187. The van der Waals surface area contributed by atoms with Crippen LogP contribution >= 0.6 is 0 Å². The van der Waals surface area contributed by atoms with Crippen molar-refractivity contribution in [2.45, 2.75) is 33.1 Å². The number of nitrogens with zero attached hydrogens (tertiary/aromatic N) is 2. The molecule has 0 aliphatic rings. The van der Waals surface area contributed by atoms with E-state index in [1.165, 1.54) is 0 Å². The number of hydrogen-bond donors (Lipinski definition) is 0. The van der Waals surface area contributed by atoms with Gasteiger partial charge >= 0.3 is 0 Å². The molecule has 0 aliphatic carbocycles. The molecule has 0 aromatic rings. The molecule has 0 amide bonds. The Labute approximate surface area is 68.9 Å². The normalized spacial score (nSPS) is 13.2. The predicted molar refractivity (Wildman–Crippen MR) is 47.7 cm³/mol. The third kappa shape index (κ3) is 7.05. The minimum atomic E-state index is 0.187. The van der Waals surface area contributed by atoms with Crippen LogP contribution in [0.3, 0.4) is 0 Å². The van der Waals surface area contributed by atoms with Crippen molar-refractivity contribution < 1.29 is 0 Å². The van der Waals surface area contributed by atoms with E-state index in [1.807, 2.05) is 13.1 Å². The van der Waals surface area contributed by atoms with Gasteiger partial charge in [0.2, 0.25) is 0 Å². The van der Waals surface area contributed by atoms with Gasteiger partial charge < -0.3 is 0 Å². The van der Waals surface area contributed by atoms with Crippen molar-refractivity contribution in [2.24, 2.45) is 10.9 Å². The van der Waals surface area contributed by atoms with Gasteiger partial charge in [-0.1, -0.05) is 6.92 Å². The van der Waals surface area contributed by atoms with Gasteiger partial charge in [0.1, 0.15) is 0 Å². The van der Waals surface area contributed by atoms with Crippen molar-refractivity contribution in [3.05, 3.63) is 0 Å². The van der Waals surface area contributed by atoms with Gasteiger partial charge in [-0.3, -0.25) is 4.99 Å². The summed E-state index contributed by atoms with van der Waals surface area (Å²) in [6.07, 6.45) is 4.94. The molecular weight excluding hydrogens is 136 g/mol. The Morgan fingerprint density at radius 3 is 2.91 bits per heavy atom. The van der Waals surface area contributed by atoms with Crippen molar-refractivity contribution in [1.29, 1.82) is 5.26 Å². The van der Waals surface area contributed by atoms with Crippen LogP contribution in [0.2, 0.25) is 0 Å². The molecule has 0 heterocycles. The summed E-state index contributed by atoms with van der Waals surface area (Å²) >= 11 is 0. The SMILES string of the molecule is CCC=NCCCC(C)C#N. The Morgan fingerprint density at radius 2 is 2.36 bits per heavy atom. The fourth-order valence-corrected chi connectivity index (χ4v) is 0.774. The van der Waals surface area contributed by atoms with Crippen LogP contribution in [-0.2, 0) is 0 Å². The maximum atomic E-state index is 8.45. The van der Waals surface area contributed by atoms with Crippen molar-refractivity contribution in [1.82, 2.24) is 0 Å². The number of aliphatic imine (C=N–C) groups is 1. The topological polar surface area (TPSA) is 36.1 Å². The molecule has 0 bridgehead atoms. The Bertz CT molecular complexity index is 144. The summed E-state index contributed by atoms with van der Waals surface area (Å²) in [6, 6.07) is 2.20. The highest BCUT2D eigenvalue weighted by Gasteiger charge is 1.96. The molecule has 0 fully saturated rings. The molecule has 0 N–H and O–H groups in total. The minimum absolute atomic E-state index is 0.187. The molecule has 2 heteroatoms. The summed E-state index contributed by atoms with van der Waals surface area (Å²) in [4.78, 5) is 4.16. The Morgan fingerprint density at radius 1 is 1.64 bits per heavy atom. The van der Waals surface area contributed by atoms with Crippen LogP contribution in [0.25, 0.3) is 0 Å². The highest BCUT2D eigenvalue weighted by atomic mass is 14.7. The lowest BCUT2D eigenvalue weighted by Gasteiger charge is -1.97. The van der Waals surface area contributed by atoms with Crippen molar-refractivity contribution >= 4 is 6.21 Å². The standard InChI is InChI=1S/C9H16N2/c1-3-6-11-7-4-5-9(2)8-10/h6,9H,3-5,7H2,1-2H3. The molecule has 0 spiro atoms. The summed E-state index contributed by atoms with van der Waals surface area (Å²) in [5, 5.41) is 8.45. The van der Waals surface area contributed by atoms with Crippen molar-refractivity contribution in [3.63, 3.8) is 0 Å². The first-order valence-corrected chi connectivity index (χ1v) is 4.19. The van der Waals surface area contributed by atoms with E-state index < -0.39 is 0 Å². The second kappa shape index (κ2) is 7.27. The van der Waals surface area contributed by atoms with Gasteiger partial charge in [0.05, 0.1) is 6.07 Å². The van der Waals surface area contributed by atoms with E-state index in [4.69, 9.17) is 5.26 Å². The van der Waals surface area contributed by atoms with Crippen LogP contribution in [0.15, 0.2) is 4.99 Å². The van der Waals surface area contributed by atoms with Gasteiger partial charge in [-0.15, -0.1) is 0 Å². The smallest absolute Gasteiger partial charge is 0.0652 e. The van der Waals surface area contributed by atoms with Crippen LogP contribution in [0, 0.1) is 17.2 Å². The third-order valence-corrected chi connectivity index (χ3v) is 1.46. The van der Waals surface area contributed by atoms with Gasteiger partial charge in [0.15, 0.2) is 0 Å². The van der Waals surface area contributed by atoms with E-state index >= 15 is 0 Å². The van der Waals surface area contributed by atoms with Crippen LogP contribution < -0.4 is 0 Å². The van der Waals surface area contributed by atoms with Gasteiger partial charge in [-0.25, -0.2) is 0 Å². The first-order chi connectivity index (χ1) is 5.31. The van der Waals surface area contributed by atoms with Crippen molar-refractivity contribution in [3.8, 4) is 6.07 Å². The summed E-state index contributed by atoms with van der Waals surface area (Å²) in [5.41, 5.74) is 0. The summed E-state index contributed by atoms with van der Waals surface area (Å²) in [7, 11) is 0. The monoisotopic (exact) mass is 152 g/mol. The molecule has 0 aromatic carbocycles. The largest absolute Gasteiger partial charge is 0.298 e. The lowest BCUT2D eigenvalue weighted by Crippen LogP contribution is -1.91. The second-order valence-corrected chi connectivity index (χ2v) is 2.67. The van der Waals surface area contributed by atoms with E-state index in [2.05, 4.69) is 18.0 Å². The first kappa shape index (κ1) is 10.2. The van der Waals surface area contributed by atoms with E-state index in [1.54, 1.807) is 0 Å². The molecule has 0 aliphatic heterocycles. The molecule has 0 aromatic heterocycles. The zero-order valence-electron chi connectivity index (χ0n) is 7.38. The molecule has 11 heavy (non-hydrogen) atoms. The summed E-state index contributed by atoms with van der Waals surface area (Å²) in [6.45, 7) is 4.89. The lowest BCUT2D eigenvalue weighted by atomic mass is 10.1. The number of nitriles is 1. The number of rotatable bonds is 5. The van der Waals surface area contributed by atoms with E-state index in [9.17, 15) is 0 Å². The zero-order valence-corrected chi connectivity index (χ0v) is 7.38. The number of hydrogen-bond acceptors (Lipinski definition) is 2. The molecule has 2 nitrogen and oxygen atoms in total. The second-order valence-electron chi connectivity index (χ2n) is 2.67. The molecule has 0 radical (unpaired) electrons. The molecule has 62 valence electrons. The van der Waals surface area contributed by atoms with Crippen LogP contribution in [-0.4, -0.2) is 12.8 Å². The Kier molecular flexibility index (Phi) is 6.71.